The maximum Gasteiger partial charge on any atom is 0.410 e. The van der Waals surface area contributed by atoms with Gasteiger partial charge < -0.3 is 9.30 Å². The fourth-order valence-corrected chi connectivity index (χ4v) is 5.70. The van der Waals surface area contributed by atoms with Crippen LogP contribution in [0.2, 0.25) is 0 Å². The second-order valence-corrected chi connectivity index (χ2v) is 11.7. The van der Waals surface area contributed by atoms with Gasteiger partial charge in [-0.25, -0.2) is 4.79 Å². The number of aryl methyl sites for hydroxylation is 1. The van der Waals surface area contributed by atoms with E-state index >= 15 is 0 Å². The number of nitrogens with zero attached hydrogens (tertiary/aromatic N) is 3. The average molecular weight is 520 g/mol. The molecule has 37 heavy (non-hydrogen) atoms. The summed E-state index contributed by atoms with van der Waals surface area (Å²) in [7, 11) is 1.77. The molecule has 0 unspecified atom stereocenters. The number of hydrogen-bond acceptors (Lipinski definition) is 6. The van der Waals surface area contributed by atoms with Crippen LogP contribution >= 0.6 is 11.3 Å². The van der Waals surface area contributed by atoms with E-state index in [-0.39, 0.29) is 17.1 Å². The molecular formula is C29H33N3O4S. The molecule has 2 atom stereocenters. The van der Waals surface area contributed by atoms with Crippen molar-refractivity contribution < 1.29 is 14.3 Å². The van der Waals surface area contributed by atoms with E-state index in [1.807, 2.05) is 63.2 Å². The number of aromatic nitrogens is 1. The summed E-state index contributed by atoms with van der Waals surface area (Å²) < 4.78 is 8.11. The van der Waals surface area contributed by atoms with Gasteiger partial charge in [-0.05, 0) is 75.3 Å². The number of fused-ring (bicyclic) bond motifs is 1. The maximum absolute atomic E-state index is 13.2. The number of benzene rings is 2. The zero-order chi connectivity index (χ0) is 26.7. The first kappa shape index (κ1) is 26.6. The molecule has 0 spiro atoms. The van der Waals surface area contributed by atoms with Gasteiger partial charge in [-0.3, -0.25) is 14.5 Å². The molecule has 1 fully saturated rings. The Hall–Kier alpha value is -3.44. The highest BCUT2D eigenvalue weighted by molar-refractivity contribution is 7.16. The van der Waals surface area contributed by atoms with Crippen LogP contribution in [-0.4, -0.2) is 39.5 Å². The van der Waals surface area contributed by atoms with Crippen molar-refractivity contribution in [2.75, 3.05) is 6.54 Å². The largest absolute Gasteiger partial charge is 0.444 e. The Morgan fingerprint density at radius 3 is 2.51 bits per heavy atom. The molecule has 1 aliphatic rings. The van der Waals surface area contributed by atoms with E-state index in [4.69, 9.17) is 4.74 Å². The summed E-state index contributed by atoms with van der Waals surface area (Å²) in [5, 5.41) is 9.79. The molecule has 0 saturated carbocycles. The first-order valence-corrected chi connectivity index (χ1v) is 13.5. The summed E-state index contributed by atoms with van der Waals surface area (Å²) in [4.78, 5) is 39.4. The molecule has 1 aromatic heterocycles. The molecule has 1 saturated heterocycles. The third kappa shape index (κ3) is 6.28. The number of ether oxygens (including phenoxy) is 1. The van der Waals surface area contributed by atoms with Crippen molar-refractivity contribution >= 4 is 33.4 Å². The number of likely N-dealkylation sites (tertiary alicyclic amines) is 1. The predicted octanol–water partition coefficient (Wildman–Crippen LogP) is 5.70. The molecule has 1 aliphatic heterocycles. The van der Waals surface area contributed by atoms with Crippen LogP contribution < -0.4 is 4.87 Å². The topological polar surface area (TPSA) is 92.4 Å². The highest BCUT2D eigenvalue weighted by atomic mass is 32.1. The van der Waals surface area contributed by atoms with Crippen LogP contribution in [0.15, 0.2) is 47.3 Å². The van der Waals surface area contributed by atoms with Crippen molar-refractivity contribution in [3.8, 4) is 17.2 Å². The fourth-order valence-electron chi connectivity index (χ4n) is 4.78. The molecular weight excluding hydrogens is 486 g/mol. The normalized spacial score (nSPS) is 16.8. The molecule has 1 amide bonds. The second-order valence-electron chi connectivity index (χ2n) is 10.7. The summed E-state index contributed by atoms with van der Waals surface area (Å²) in [6, 6.07) is 15.7. The predicted molar refractivity (Wildman–Crippen MR) is 146 cm³/mol. The minimum absolute atomic E-state index is 0.0158. The van der Waals surface area contributed by atoms with Gasteiger partial charge in [0.25, 0.3) is 0 Å². The summed E-state index contributed by atoms with van der Waals surface area (Å²) in [6.07, 6.45) is 2.42. The maximum atomic E-state index is 13.2. The Kier molecular flexibility index (Phi) is 7.84. The number of ketones is 1. The molecule has 0 radical (unpaired) electrons. The second kappa shape index (κ2) is 10.9. The molecule has 7 nitrogen and oxygen atoms in total. The number of nitriles is 1. The Morgan fingerprint density at radius 2 is 1.84 bits per heavy atom. The van der Waals surface area contributed by atoms with Crippen molar-refractivity contribution in [3.05, 3.63) is 57.7 Å². The first-order valence-electron chi connectivity index (χ1n) is 12.7. The van der Waals surface area contributed by atoms with Gasteiger partial charge in [0.05, 0.1) is 28.2 Å². The van der Waals surface area contributed by atoms with Crippen LogP contribution in [0.4, 0.5) is 4.79 Å². The lowest BCUT2D eigenvalue weighted by atomic mass is 9.89. The third-order valence-electron chi connectivity index (χ3n) is 6.69. The highest BCUT2D eigenvalue weighted by Gasteiger charge is 2.35. The van der Waals surface area contributed by atoms with Gasteiger partial charge in [-0.15, -0.1) is 0 Å². The van der Waals surface area contributed by atoms with Crippen LogP contribution in [0.25, 0.3) is 21.3 Å². The van der Waals surface area contributed by atoms with Crippen molar-refractivity contribution in [2.45, 2.75) is 64.5 Å². The molecule has 0 N–H and O–H groups in total. The fraction of sp³-hybridized carbons (Fsp3) is 0.448. The van der Waals surface area contributed by atoms with Crippen LogP contribution in [-0.2, 0) is 23.0 Å². The highest BCUT2D eigenvalue weighted by Crippen LogP contribution is 2.28. The lowest BCUT2D eigenvalue weighted by molar-refractivity contribution is -0.126. The smallest absolute Gasteiger partial charge is 0.410 e. The summed E-state index contributed by atoms with van der Waals surface area (Å²) in [5.74, 6) is -0.553. The van der Waals surface area contributed by atoms with Crippen LogP contribution in [0.3, 0.4) is 0 Å². The number of carbonyl (C=O) groups excluding carboxylic acids is 2. The molecule has 2 aromatic carbocycles. The standard InChI is InChI=1S/C29H33N3O4S/c1-29(2,3)36-27(34)32-14-6-5-7-23(32)25(33)16-20(18-30)15-19-8-10-21(11-9-19)22-12-13-24-26(17-22)37-28(35)31(24)4/h8-13,17,20,23H,5-7,14-16H2,1-4H3/t20-,23+/m1/s1. The molecule has 194 valence electrons. The van der Waals surface area contributed by atoms with Gasteiger partial charge in [0.2, 0.25) is 0 Å². The molecule has 3 aromatic rings. The van der Waals surface area contributed by atoms with Crippen molar-refractivity contribution in [2.24, 2.45) is 13.0 Å². The number of piperidine rings is 1. The molecule has 2 heterocycles. The Balaban J connectivity index is 1.42. The van der Waals surface area contributed by atoms with Gasteiger partial charge in [-0.1, -0.05) is 41.7 Å². The molecule has 0 bridgehead atoms. The minimum atomic E-state index is -0.629. The van der Waals surface area contributed by atoms with Gasteiger partial charge in [0.15, 0.2) is 5.78 Å². The number of rotatable bonds is 6. The first-order chi connectivity index (χ1) is 17.6. The average Bonchev–Trinajstić information content (AvgIpc) is 3.15. The molecule has 0 aliphatic carbocycles. The van der Waals surface area contributed by atoms with Crippen LogP contribution in [0.1, 0.15) is 52.0 Å². The number of thiazole rings is 1. The Labute approximate surface area is 221 Å². The number of hydrogen-bond donors (Lipinski definition) is 0. The van der Waals surface area contributed by atoms with E-state index in [0.29, 0.717) is 19.4 Å². The lowest BCUT2D eigenvalue weighted by Crippen LogP contribution is -2.50. The minimum Gasteiger partial charge on any atom is -0.444 e. The molecule has 8 heteroatoms. The van der Waals surface area contributed by atoms with Crippen molar-refractivity contribution in [1.29, 1.82) is 5.26 Å². The van der Waals surface area contributed by atoms with Gasteiger partial charge in [0, 0.05) is 20.0 Å². The van der Waals surface area contributed by atoms with Gasteiger partial charge in [-0.2, -0.15) is 5.26 Å². The van der Waals surface area contributed by atoms with E-state index in [1.54, 1.807) is 16.5 Å². The van der Waals surface area contributed by atoms with Gasteiger partial charge >= 0.3 is 11.0 Å². The summed E-state index contributed by atoms with van der Waals surface area (Å²) in [6.45, 7) is 5.93. The van der Waals surface area contributed by atoms with E-state index in [0.717, 1.165) is 39.7 Å². The number of carbonyl (C=O) groups is 2. The van der Waals surface area contributed by atoms with Gasteiger partial charge in [0.1, 0.15) is 5.60 Å². The molecule has 4 rings (SSSR count). The van der Waals surface area contributed by atoms with Crippen molar-refractivity contribution in [1.82, 2.24) is 9.47 Å². The van der Waals surface area contributed by atoms with Crippen LogP contribution in [0.5, 0.6) is 0 Å². The third-order valence-corrected chi connectivity index (χ3v) is 7.69. The zero-order valence-electron chi connectivity index (χ0n) is 21.8. The summed E-state index contributed by atoms with van der Waals surface area (Å²) in [5.41, 5.74) is 3.30. The quantitative estimate of drug-likeness (QED) is 0.417. The van der Waals surface area contributed by atoms with E-state index in [2.05, 4.69) is 6.07 Å². The SMILES string of the molecule is Cn1c(=O)sc2cc(-c3ccc(C[C@@H](C#N)CC(=O)[C@@H]4CCCCN4C(=O)OC(C)(C)C)cc3)ccc21. The zero-order valence-corrected chi connectivity index (χ0v) is 22.6. The number of Topliss-reactive ketones (excluding diaryl/α,β-unsaturated/α-hetero) is 1. The van der Waals surface area contributed by atoms with E-state index in [9.17, 15) is 19.6 Å². The van der Waals surface area contributed by atoms with E-state index < -0.39 is 23.7 Å². The Morgan fingerprint density at radius 1 is 1.14 bits per heavy atom. The van der Waals surface area contributed by atoms with Crippen LogP contribution in [0, 0.1) is 17.2 Å². The lowest BCUT2D eigenvalue weighted by Gasteiger charge is -2.36. The summed E-state index contributed by atoms with van der Waals surface area (Å²) >= 11 is 1.23. The van der Waals surface area contributed by atoms with Crippen molar-refractivity contribution in [3.63, 3.8) is 0 Å². The Bertz CT molecular complexity index is 1390. The monoisotopic (exact) mass is 519 g/mol. The number of amides is 1. The van der Waals surface area contributed by atoms with E-state index in [1.165, 1.54) is 11.3 Å².